The molecule has 3 aromatic carbocycles. The van der Waals surface area contributed by atoms with E-state index in [9.17, 15) is 14.7 Å². The molecule has 4 rings (SSSR count). The summed E-state index contributed by atoms with van der Waals surface area (Å²) >= 11 is 0. The van der Waals surface area contributed by atoms with Crippen molar-refractivity contribution in [2.45, 2.75) is 12.0 Å². The van der Waals surface area contributed by atoms with Gasteiger partial charge in [-0.15, -0.1) is 0 Å². The van der Waals surface area contributed by atoms with Crippen molar-refractivity contribution in [1.82, 2.24) is 4.90 Å². The highest BCUT2D eigenvalue weighted by Crippen LogP contribution is 2.44. The van der Waals surface area contributed by atoms with Gasteiger partial charge in [-0.05, 0) is 28.3 Å². The fourth-order valence-electron chi connectivity index (χ4n) is 4.20. The lowest BCUT2D eigenvalue weighted by Crippen LogP contribution is -2.37. The first-order chi connectivity index (χ1) is 15.0. The van der Waals surface area contributed by atoms with Gasteiger partial charge in [-0.2, -0.15) is 0 Å². The van der Waals surface area contributed by atoms with E-state index in [2.05, 4.69) is 12.1 Å². The summed E-state index contributed by atoms with van der Waals surface area (Å²) < 4.78 is 10.9. The molecule has 0 aliphatic heterocycles. The largest absolute Gasteiger partial charge is 0.496 e. The maximum Gasteiger partial charge on any atom is 0.410 e. The minimum atomic E-state index is -1.23. The number of hydrogen-bond donors (Lipinski definition) is 1. The fraction of sp³-hybridized carbons (Fsp3) is 0.200. The van der Waals surface area contributed by atoms with Crippen LogP contribution >= 0.6 is 0 Å². The molecule has 1 amide bonds. The third-order valence-corrected chi connectivity index (χ3v) is 5.68. The number of carboxylic acids is 1. The van der Waals surface area contributed by atoms with Gasteiger partial charge in [0.25, 0.3) is 0 Å². The van der Waals surface area contributed by atoms with Crippen LogP contribution in [0.4, 0.5) is 4.79 Å². The van der Waals surface area contributed by atoms with Crippen molar-refractivity contribution in [1.29, 1.82) is 0 Å². The zero-order valence-electron chi connectivity index (χ0n) is 17.3. The smallest absolute Gasteiger partial charge is 0.410 e. The summed E-state index contributed by atoms with van der Waals surface area (Å²) in [5, 5.41) is 9.80. The molecule has 0 spiro atoms. The van der Waals surface area contributed by atoms with Crippen LogP contribution in [0.3, 0.4) is 0 Å². The number of likely N-dealkylation sites (N-methyl/N-ethyl adjacent to an activating group) is 1. The molecule has 1 aliphatic rings. The number of benzene rings is 3. The zero-order valence-corrected chi connectivity index (χ0v) is 17.3. The van der Waals surface area contributed by atoms with Crippen LogP contribution in [0.1, 0.15) is 28.7 Å². The maximum absolute atomic E-state index is 12.8. The van der Waals surface area contributed by atoms with Gasteiger partial charge in [-0.1, -0.05) is 66.7 Å². The molecule has 0 fully saturated rings. The number of carboxylic acid groups (broad SMARTS) is 1. The molecule has 6 nitrogen and oxygen atoms in total. The lowest BCUT2D eigenvalue weighted by atomic mass is 9.98. The molecule has 3 aromatic rings. The lowest BCUT2D eigenvalue weighted by molar-refractivity contribution is -0.142. The van der Waals surface area contributed by atoms with Crippen molar-refractivity contribution in [3.05, 3.63) is 89.5 Å². The van der Waals surface area contributed by atoms with Gasteiger partial charge in [0, 0.05) is 18.5 Å². The maximum atomic E-state index is 12.8. The second-order valence-corrected chi connectivity index (χ2v) is 7.40. The van der Waals surface area contributed by atoms with Crippen molar-refractivity contribution in [2.24, 2.45) is 0 Å². The number of ether oxygens (including phenoxy) is 2. The monoisotopic (exact) mass is 417 g/mol. The second-order valence-electron chi connectivity index (χ2n) is 7.40. The van der Waals surface area contributed by atoms with E-state index in [1.807, 2.05) is 36.4 Å². The first kappa shape index (κ1) is 20.5. The Hall–Kier alpha value is -3.80. The third kappa shape index (κ3) is 3.72. The Bertz CT molecular complexity index is 1080. The Balaban J connectivity index is 1.55. The van der Waals surface area contributed by atoms with Gasteiger partial charge in [-0.25, -0.2) is 9.59 Å². The van der Waals surface area contributed by atoms with Crippen molar-refractivity contribution >= 4 is 12.1 Å². The van der Waals surface area contributed by atoms with Crippen LogP contribution in [0.2, 0.25) is 0 Å². The molecule has 1 atom stereocenters. The van der Waals surface area contributed by atoms with E-state index in [-0.39, 0.29) is 12.5 Å². The average molecular weight is 417 g/mol. The molecule has 0 aromatic heterocycles. The number of amides is 1. The van der Waals surface area contributed by atoms with E-state index in [4.69, 9.17) is 9.47 Å². The SMILES string of the molecule is COc1ccccc1C(C(=O)O)N(C)C(=O)OCC1c2ccccc2-c2ccccc21. The molecule has 0 saturated heterocycles. The van der Waals surface area contributed by atoms with Gasteiger partial charge in [-0.3, -0.25) is 4.90 Å². The van der Waals surface area contributed by atoms with Gasteiger partial charge in [0.15, 0.2) is 6.04 Å². The number of rotatable bonds is 6. The Labute approximate surface area is 180 Å². The molecule has 158 valence electrons. The van der Waals surface area contributed by atoms with Gasteiger partial charge >= 0.3 is 12.1 Å². The van der Waals surface area contributed by atoms with Gasteiger partial charge in [0.05, 0.1) is 7.11 Å². The Morgan fingerprint density at radius 3 is 2.06 bits per heavy atom. The third-order valence-electron chi connectivity index (χ3n) is 5.68. The highest BCUT2D eigenvalue weighted by Gasteiger charge is 2.33. The Morgan fingerprint density at radius 1 is 0.935 bits per heavy atom. The van der Waals surface area contributed by atoms with E-state index < -0.39 is 18.1 Å². The van der Waals surface area contributed by atoms with Crippen molar-refractivity contribution in [2.75, 3.05) is 20.8 Å². The van der Waals surface area contributed by atoms with Crippen molar-refractivity contribution in [3.63, 3.8) is 0 Å². The Morgan fingerprint density at radius 2 is 1.48 bits per heavy atom. The average Bonchev–Trinajstić information content (AvgIpc) is 3.11. The second kappa shape index (κ2) is 8.52. The van der Waals surface area contributed by atoms with Crippen LogP contribution < -0.4 is 4.74 Å². The van der Waals surface area contributed by atoms with Crippen LogP contribution in [0.25, 0.3) is 11.1 Å². The topological polar surface area (TPSA) is 76.1 Å². The number of methoxy groups -OCH3 is 1. The number of para-hydroxylation sites is 1. The van der Waals surface area contributed by atoms with E-state index in [0.717, 1.165) is 27.2 Å². The summed E-state index contributed by atoms with van der Waals surface area (Å²) in [6.45, 7) is 0.120. The first-order valence-corrected chi connectivity index (χ1v) is 9.96. The molecule has 0 radical (unpaired) electrons. The first-order valence-electron chi connectivity index (χ1n) is 9.96. The molecule has 6 heteroatoms. The molecular formula is C25H23NO5. The summed E-state index contributed by atoms with van der Waals surface area (Å²) in [5.74, 6) is -0.868. The van der Waals surface area contributed by atoms with Crippen LogP contribution in [0.15, 0.2) is 72.8 Å². The Kier molecular flexibility index (Phi) is 5.62. The number of fused-ring (bicyclic) bond motifs is 3. The number of aliphatic carboxylic acids is 1. The van der Waals surface area contributed by atoms with E-state index in [1.54, 1.807) is 24.3 Å². The molecule has 1 unspecified atom stereocenters. The van der Waals surface area contributed by atoms with Crippen LogP contribution in [-0.2, 0) is 9.53 Å². The van der Waals surface area contributed by atoms with Crippen LogP contribution in [0.5, 0.6) is 5.75 Å². The van der Waals surface area contributed by atoms with E-state index in [1.165, 1.54) is 14.2 Å². The summed E-state index contributed by atoms with van der Waals surface area (Å²) in [7, 11) is 2.88. The van der Waals surface area contributed by atoms with Gasteiger partial charge in [0.2, 0.25) is 0 Å². The van der Waals surface area contributed by atoms with Crippen molar-refractivity contribution in [3.8, 4) is 16.9 Å². The van der Waals surface area contributed by atoms with Gasteiger partial charge < -0.3 is 14.6 Å². The quantitative estimate of drug-likeness (QED) is 0.629. The predicted molar refractivity (Wildman–Crippen MR) is 116 cm³/mol. The van der Waals surface area contributed by atoms with E-state index in [0.29, 0.717) is 11.3 Å². The predicted octanol–water partition coefficient (Wildman–Crippen LogP) is 4.70. The molecular weight excluding hydrogens is 394 g/mol. The molecule has 0 bridgehead atoms. The van der Waals surface area contributed by atoms with Crippen molar-refractivity contribution < 1.29 is 24.2 Å². The highest BCUT2D eigenvalue weighted by atomic mass is 16.6. The van der Waals surface area contributed by atoms with Crippen LogP contribution in [0, 0.1) is 0 Å². The summed E-state index contributed by atoms with van der Waals surface area (Å²) in [5.41, 5.74) is 4.83. The molecule has 0 saturated carbocycles. The summed E-state index contributed by atoms with van der Waals surface area (Å²) in [6, 6.07) is 21.6. The summed E-state index contributed by atoms with van der Waals surface area (Å²) in [6.07, 6.45) is -0.708. The van der Waals surface area contributed by atoms with Gasteiger partial charge in [0.1, 0.15) is 12.4 Å². The molecule has 1 N–H and O–H groups in total. The number of nitrogens with zero attached hydrogens (tertiary/aromatic N) is 1. The molecule has 0 heterocycles. The highest BCUT2D eigenvalue weighted by molar-refractivity contribution is 5.82. The minimum Gasteiger partial charge on any atom is -0.496 e. The van der Waals surface area contributed by atoms with Crippen LogP contribution in [-0.4, -0.2) is 42.8 Å². The fourth-order valence-corrected chi connectivity index (χ4v) is 4.20. The molecule has 1 aliphatic carbocycles. The van der Waals surface area contributed by atoms with E-state index >= 15 is 0 Å². The number of carbonyl (C=O) groups excluding carboxylic acids is 1. The minimum absolute atomic E-state index is 0.0979. The normalized spacial score (nSPS) is 13.1. The molecule has 31 heavy (non-hydrogen) atoms. The number of carbonyl (C=O) groups is 2. The number of hydrogen-bond acceptors (Lipinski definition) is 4. The standard InChI is InChI=1S/C25H23NO5/c1-26(23(24(27)28)20-13-7-8-14-22(20)30-2)25(29)31-15-21-18-11-5-3-9-16(18)17-10-4-6-12-19(17)21/h3-14,21,23H,15H2,1-2H3,(H,27,28). The lowest BCUT2D eigenvalue weighted by Gasteiger charge is -2.26. The summed E-state index contributed by atoms with van der Waals surface area (Å²) in [4.78, 5) is 25.9. The zero-order chi connectivity index (χ0) is 22.0.